The van der Waals surface area contributed by atoms with E-state index in [9.17, 15) is 13.2 Å². The van der Waals surface area contributed by atoms with E-state index in [1.165, 1.54) is 0 Å². The molecule has 5 nitrogen and oxygen atoms in total. The molecule has 0 aliphatic rings. The molecule has 1 aromatic heterocycles. The topological polar surface area (TPSA) is 68.2 Å². The number of para-hydroxylation sites is 1. The number of hydrogen-bond acceptors (Lipinski definition) is 3. The molecule has 0 saturated carbocycles. The fourth-order valence-corrected chi connectivity index (χ4v) is 4.36. The first-order chi connectivity index (χ1) is 12.9. The highest BCUT2D eigenvalue weighted by Crippen LogP contribution is 2.28. The summed E-state index contributed by atoms with van der Waals surface area (Å²) in [7, 11) is -2.11. The van der Waals surface area contributed by atoms with Crippen LogP contribution in [-0.4, -0.2) is 13.0 Å². The van der Waals surface area contributed by atoms with Crippen LogP contribution in [0.3, 0.4) is 0 Å². The first-order valence-electron chi connectivity index (χ1n) is 8.48. The Bertz CT molecular complexity index is 1340. The molecule has 0 unspecified atom stereocenters. The molecular weight excluding hydrogens is 360 g/mol. The van der Waals surface area contributed by atoms with Crippen LogP contribution >= 0.6 is 0 Å². The summed E-state index contributed by atoms with van der Waals surface area (Å²) < 4.78 is 29.7. The molecule has 0 bridgehead atoms. The third-order valence-electron chi connectivity index (χ3n) is 4.71. The Balaban J connectivity index is 1.95. The summed E-state index contributed by atoms with van der Waals surface area (Å²) in [5, 5.41) is 1.97. The van der Waals surface area contributed by atoms with Crippen molar-refractivity contribution in [3.63, 3.8) is 0 Å². The minimum Gasteiger partial charge on any atom is -0.311 e. The average Bonchev–Trinajstić information content (AvgIpc) is 2.66. The lowest BCUT2D eigenvalue weighted by atomic mass is 10.1. The number of hydrogen-bond donors (Lipinski definition) is 1. The Morgan fingerprint density at radius 1 is 0.852 bits per heavy atom. The number of pyridine rings is 1. The molecule has 136 valence electrons. The Hall–Kier alpha value is -3.12. The first-order valence-corrected chi connectivity index (χ1v) is 9.97. The van der Waals surface area contributed by atoms with E-state index in [1.54, 1.807) is 48.0 Å². The molecule has 1 heterocycles. The van der Waals surface area contributed by atoms with Gasteiger partial charge in [0.15, 0.2) is 0 Å². The lowest BCUT2D eigenvalue weighted by Crippen LogP contribution is -2.20. The molecule has 4 rings (SSSR count). The molecule has 6 heteroatoms. The maximum absolute atomic E-state index is 13.0. The largest absolute Gasteiger partial charge is 0.311 e. The first kappa shape index (κ1) is 17.3. The summed E-state index contributed by atoms with van der Waals surface area (Å²) in [6.07, 6.45) is 0. The highest BCUT2D eigenvalue weighted by Gasteiger charge is 2.18. The SMILES string of the molecule is Cc1ccc(S(=O)(=O)Nc2cccc3c2c(=O)n(C)c2ccccc32)cc1. The predicted octanol–water partition coefficient (Wildman–Crippen LogP) is 3.80. The smallest absolute Gasteiger partial charge is 0.261 e. The van der Waals surface area contributed by atoms with Crippen molar-refractivity contribution in [2.75, 3.05) is 4.72 Å². The van der Waals surface area contributed by atoms with Crippen LogP contribution in [-0.2, 0) is 17.1 Å². The molecule has 3 aromatic carbocycles. The van der Waals surface area contributed by atoms with Gasteiger partial charge >= 0.3 is 0 Å². The number of anilines is 1. The van der Waals surface area contributed by atoms with E-state index < -0.39 is 10.0 Å². The normalized spacial score (nSPS) is 11.8. The van der Waals surface area contributed by atoms with Crippen LogP contribution in [0.25, 0.3) is 21.7 Å². The monoisotopic (exact) mass is 378 g/mol. The van der Waals surface area contributed by atoms with Gasteiger partial charge in [-0.3, -0.25) is 9.52 Å². The van der Waals surface area contributed by atoms with Crippen molar-refractivity contribution in [2.45, 2.75) is 11.8 Å². The second-order valence-electron chi connectivity index (χ2n) is 6.53. The molecule has 0 aliphatic carbocycles. The van der Waals surface area contributed by atoms with Crippen molar-refractivity contribution in [1.29, 1.82) is 0 Å². The second kappa shape index (κ2) is 6.25. The fraction of sp³-hybridized carbons (Fsp3) is 0.0952. The number of fused-ring (bicyclic) bond motifs is 3. The summed E-state index contributed by atoms with van der Waals surface area (Å²) in [5.74, 6) is 0. The lowest BCUT2D eigenvalue weighted by molar-refractivity contribution is 0.601. The van der Waals surface area contributed by atoms with Gasteiger partial charge < -0.3 is 4.57 Å². The van der Waals surface area contributed by atoms with Crippen LogP contribution in [0.2, 0.25) is 0 Å². The van der Waals surface area contributed by atoms with E-state index in [1.807, 2.05) is 37.3 Å². The molecular formula is C21H18N2O3S. The maximum Gasteiger partial charge on any atom is 0.261 e. The van der Waals surface area contributed by atoms with Gasteiger partial charge in [0.2, 0.25) is 0 Å². The minimum atomic E-state index is -3.80. The number of benzene rings is 3. The van der Waals surface area contributed by atoms with E-state index in [0.717, 1.165) is 21.9 Å². The van der Waals surface area contributed by atoms with Gasteiger partial charge in [-0.05, 0) is 36.6 Å². The zero-order valence-electron chi connectivity index (χ0n) is 14.9. The van der Waals surface area contributed by atoms with E-state index in [0.29, 0.717) is 5.39 Å². The van der Waals surface area contributed by atoms with Crippen molar-refractivity contribution in [1.82, 2.24) is 4.57 Å². The van der Waals surface area contributed by atoms with Gasteiger partial charge in [0.1, 0.15) is 0 Å². The van der Waals surface area contributed by atoms with Crippen molar-refractivity contribution < 1.29 is 8.42 Å². The van der Waals surface area contributed by atoms with Gasteiger partial charge in [-0.1, -0.05) is 48.0 Å². The quantitative estimate of drug-likeness (QED) is 0.551. The Morgan fingerprint density at radius 2 is 1.52 bits per heavy atom. The summed E-state index contributed by atoms with van der Waals surface area (Å²) >= 11 is 0. The van der Waals surface area contributed by atoms with E-state index in [4.69, 9.17) is 0 Å². The van der Waals surface area contributed by atoms with Gasteiger partial charge in [0.25, 0.3) is 15.6 Å². The van der Waals surface area contributed by atoms with Crippen LogP contribution < -0.4 is 10.3 Å². The molecule has 1 N–H and O–H groups in total. The number of nitrogens with one attached hydrogen (secondary N) is 1. The third kappa shape index (κ3) is 2.88. The second-order valence-corrected chi connectivity index (χ2v) is 8.21. The summed E-state index contributed by atoms with van der Waals surface area (Å²) in [5.41, 5.74) is 1.80. The van der Waals surface area contributed by atoms with E-state index in [-0.39, 0.29) is 16.1 Å². The zero-order valence-corrected chi connectivity index (χ0v) is 15.7. The average molecular weight is 378 g/mol. The number of nitrogens with zero attached hydrogens (tertiary/aromatic N) is 1. The Morgan fingerprint density at radius 3 is 2.26 bits per heavy atom. The van der Waals surface area contributed by atoms with Crippen molar-refractivity contribution >= 4 is 37.4 Å². The zero-order chi connectivity index (χ0) is 19.2. The standard InChI is InChI=1S/C21H18N2O3S/c1-14-10-12-15(13-11-14)27(25,26)22-18-8-5-7-17-16-6-3-4-9-19(16)23(2)21(24)20(17)18/h3-13,22H,1-2H3. The van der Waals surface area contributed by atoms with Crippen LogP contribution in [0.15, 0.2) is 76.4 Å². The molecule has 4 aromatic rings. The molecule has 0 amide bonds. The fourth-order valence-electron chi connectivity index (χ4n) is 3.28. The summed E-state index contributed by atoms with van der Waals surface area (Å²) in [4.78, 5) is 13.1. The lowest BCUT2D eigenvalue weighted by Gasteiger charge is -2.14. The summed E-state index contributed by atoms with van der Waals surface area (Å²) in [6, 6.07) is 19.4. The van der Waals surface area contributed by atoms with Gasteiger partial charge in [-0.2, -0.15) is 0 Å². The highest BCUT2D eigenvalue weighted by molar-refractivity contribution is 7.92. The Labute approximate surface area is 156 Å². The number of aromatic nitrogens is 1. The van der Waals surface area contributed by atoms with Crippen molar-refractivity contribution in [3.05, 3.63) is 82.6 Å². The van der Waals surface area contributed by atoms with Gasteiger partial charge in [-0.15, -0.1) is 0 Å². The number of sulfonamides is 1. The van der Waals surface area contributed by atoms with Gasteiger partial charge in [-0.25, -0.2) is 8.42 Å². The molecule has 0 spiro atoms. The molecule has 27 heavy (non-hydrogen) atoms. The van der Waals surface area contributed by atoms with E-state index >= 15 is 0 Å². The van der Waals surface area contributed by atoms with Crippen LogP contribution in [0.5, 0.6) is 0 Å². The van der Waals surface area contributed by atoms with Crippen LogP contribution in [0.4, 0.5) is 5.69 Å². The summed E-state index contributed by atoms with van der Waals surface area (Å²) in [6.45, 7) is 1.89. The molecule has 0 radical (unpaired) electrons. The van der Waals surface area contributed by atoms with E-state index in [2.05, 4.69) is 4.72 Å². The van der Waals surface area contributed by atoms with Crippen LogP contribution in [0.1, 0.15) is 5.56 Å². The van der Waals surface area contributed by atoms with Gasteiger partial charge in [0.05, 0.1) is 21.5 Å². The highest BCUT2D eigenvalue weighted by atomic mass is 32.2. The van der Waals surface area contributed by atoms with Crippen LogP contribution in [0, 0.1) is 6.92 Å². The number of rotatable bonds is 3. The molecule has 0 atom stereocenters. The number of aryl methyl sites for hydroxylation is 2. The van der Waals surface area contributed by atoms with Crippen molar-refractivity contribution in [2.24, 2.45) is 7.05 Å². The molecule has 0 fully saturated rings. The minimum absolute atomic E-state index is 0.155. The van der Waals surface area contributed by atoms with Gasteiger partial charge in [0, 0.05) is 12.4 Å². The molecule has 0 saturated heterocycles. The predicted molar refractivity (Wildman–Crippen MR) is 109 cm³/mol. The van der Waals surface area contributed by atoms with Crippen molar-refractivity contribution in [3.8, 4) is 0 Å². The molecule has 0 aliphatic heterocycles. The third-order valence-corrected chi connectivity index (χ3v) is 6.10. The Kier molecular flexibility index (Phi) is 4.00. The maximum atomic E-state index is 13.0.